The lowest BCUT2D eigenvalue weighted by atomic mass is 9.98. The Morgan fingerprint density at radius 2 is 2.12 bits per heavy atom. The Bertz CT molecular complexity index is 230. The third kappa shape index (κ3) is 3.48. The summed E-state index contributed by atoms with van der Waals surface area (Å²) in [4.78, 5) is 14.3. The summed E-state index contributed by atoms with van der Waals surface area (Å²) in [5, 5.41) is 3.15. The molecule has 94 valence electrons. The minimum absolute atomic E-state index is 0.0975. The maximum Gasteiger partial charge on any atom is 0.237 e. The summed E-state index contributed by atoms with van der Waals surface area (Å²) in [6.45, 7) is 7.51. The number of likely N-dealkylation sites (N-methyl/N-ethyl adjacent to an activating group) is 1. The largest absolute Gasteiger partial charge is 0.352 e. The Morgan fingerprint density at radius 3 is 2.69 bits per heavy atom. The molecule has 1 unspecified atom stereocenters. The first-order chi connectivity index (χ1) is 7.56. The van der Waals surface area contributed by atoms with Crippen LogP contribution in [0.2, 0.25) is 0 Å². The fourth-order valence-corrected chi connectivity index (χ4v) is 2.22. The molecule has 0 saturated carbocycles. The first-order valence-corrected chi connectivity index (χ1v) is 6.56. The first-order valence-electron chi connectivity index (χ1n) is 6.56. The van der Waals surface area contributed by atoms with E-state index in [0.29, 0.717) is 5.92 Å². The molecule has 0 aliphatic carbocycles. The number of hydrogen-bond donors (Lipinski definition) is 1. The van der Waals surface area contributed by atoms with E-state index in [-0.39, 0.29) is 18.0 Å². The maximum absolute atomic E-state index is 12.1. The van der Waals surface area contributed by atoms with E-state index in [1.807, 2.05) is 0 Å². The Balaban J connectivity index is 2.44. The predicted octanol–water partition coefficient (Wildman–Crippen LogP) is 2.02. The number of nitrogens with one attached hydrogen (secondary N) is 1. The second kappa shape index (κ2) is 6.24. The molecule has 0 aromatic heterocycles. The molecule has 3 atom stereocenters. The summed E-state index contributed by atoms with van der Waals surface area (Å²) < 4.78 is 0. The Morgan fingerprint density at radius 1 is 1.44 bits per heavy atom. The first kappa shape index (κ1) is 13.5. The zero-order valence-corrected chi connectivity index (χ0v) is 11.1. The van der Waals surface area contributed by atoms with Crippen molar-refractivity contribution in [3.63, 3.8) is 0 Å². The number of likely N-dealkylation sites (tertiary alicyclic amines) is 1. The molecule has 1 amide bonds. The standard InChI is InChI=1S/C13H26N2O/c1-5-10(2)11(3)14-13(16)12-8-6-7-9-15(12)4/h10-12H,5-9H2,1-4H3,(H,14,16)/t10?,11-,12-/m1/s1. The fourth-order valence-electron chi connectivity index (χ4n) is 2.22. The van der Waals surface area contributed by atoms with E-state index in [9.17, 15) is 4.79 Å². The molecule has 1 N–H and O–H groups in total. The van der Waals surface area contributed by atoms with Gasteiger partial charge in [-0.15, -0.1) is 0 Å². The minimum atomic E-state index is 0.0975. The molecular weight excluding hydrogens is 200 g/mol. The predicted molar refractivity (Wildman–Crippen MR) is 67.3 cm³/mol. The molecule has 1 fully saturated rings. The SMILES string of the molecule is CCC(C)[C@@H](C)NC(=O)[C@H]1CCCCN1C. The molecule has 16 heavy (non-hydrogen) atoms. The molecule has 1 saturated heterocycles. The average molecular weight is 226 g/mol. The molecule has 0 bridgehead atoms. The van der Waals surface area contributed by atoms with Crippen molar-refractivity contribution in [2.24, 2.45) is 5.92 Å². The monoisotopic (exact) mass is 226 g/mol. The van der Waals surface area contributed by atoms with Gasteiger partial charge in [0.2, 0.25) is 5.91 Å². The summed E-state index contributed by atoms with van der Waals surface area (Å²) in [5.41, 5.74) is 0. The second-order valence-electron chi connectivity index (χ2n) is 5.17. The van der Waals surface area contributed by atoms with Gasteiger partial charge in [-0.2, -0.15) is 0 Å². The van der Waals surface area contributed by atoms with Gasteiger partial charge in [-0.05, 0) is 39.3 Å². The molecule has 1 rings (SSSR count). The molecule has 0 radical (unpaired) electrons. The van der Waals surface area contributed by atoms with E-state index in [1.54, 1.807) is 0 Å². The topological polar surface area (TPSA) is 32.3 Å². The van der Waals surface area contributed by atoms with Gasteiger partial charge < -0.3 is 5.32 Å². The van der Waals surface area contributed by atoms with Crippen molar-refractivity contribution in [1.29, 1.82) is 0 Å². The van der Waals surface area contributed by atoms with Gasteiger partial charge >= 0.3 is 0 Å². The number of amides is 1. The Labute approximate surface area is 99.6 Å². The van der Waals surface area contributed by atoms with E-state index < -0.39 is 0 Å². The van der Waals surface area contributed by atoms with Gasteiger partial charge in [0.05, 0.1) is 6.04 Å². The lowest BCUT2D eigenvalue weighted by molar-refractivity contribution is -0.128. The normalized spacial score (nSPS) is 26.1. The van der Waals surface area contributed by atoms with Gasteiger partial charge in [0.15, 0.2) is 0 Å². The van der Waals surface area contributed by atoms with Crippen molar-refractivity contribution >= 4 is 5.91 Å². The maximum atomic E-state index is 12.1. The molecule has 1 aliphatic heterocycles. The Hall–Kier alpha value is -0.570. The van der Waals surface area contributed by atoms with E-state index in [4.69, 9.17) is 0 Å². The van der Waals surface area contributed by atoms with Crippen LogP contribution in [0.15, 0.2) is 0 Å². The minimum Gasteiger partial charge on any atom is -0.352 e. The lowest BCUT2D eigenvalue weighted by Crippen LogP contribution is -2.50. The molecule has 1 heterocycles. The van der Waals surface area contributed by atoms with E-state index in [1.165, 1.54) is 12.8 Å². The van der Waals surface area contributed by atoms with E-state index in [2.05, 4.69) is 38.0 Å². The molecule has 0 aromatic carbocycles. The second-order valence-corrected chi connectivity index (χ2v) is 5.17. The number of piperidine rings is 1. The molecular formula is C13H26N2O. The van der Waals surface area contributed by atoms with E-state index in [0.717, 1.165) is 19.4 Å². The van der Waals surface area contributed by atoms with Crippen LogP contribution in [0.1, 0.15) is 46.5 Å². The van der Waals surface area contributed by atoms with Gasteiger partial charge in [-0.25, -0.2) is 0 Å². The summed E-state index contributed by atoms with van der Waals surface area (Å²) in [6, 6.07) is 0.382. The number of nitrogens with zero attached hydrogens (tertiary/aromatic N) is 1. The van der Waals surface area contributed by atoms with Crippen LogP contribution in [0.5, 0.6) is 0 Å². The van der Waals surface area contributed by atoms with Crippen molar-refractivity contribution in [3.05, 3.63) is 0 Å². The zero-order chi connectivity index (χ0) is 12.1. The van der Waals surface area contributed by atoms with Crippen molar-refractivity contribution < 1.29 is 4.79 Å². The highest BCUT2D eigenvalue weighted by molar-refractivity contribution is 5.82. The third-order valence-corrected chi connectivity index (χ3v) is 3.94. The highest BCUT2D eigenvalue weighted by Gasteiger charge is 2.27. The van der Waals surface area contributed by atoms with Gasteiger partial charge in [0.25, 0.3) is 0 Å². The van der Waals surface area contributed by atoms with Crippen LogP contribution in [0, 0.1) is 5.92 Å². The van der Waals surface area contributed by atoms with Crippen LogP contribution in [-0.2, 0) is 4.79 Å². The lowest BCUT2D eigenvalue weighted by Gasteiger charge is -2.32. The molecule has 0 spiro atoms. The van der Waals surface area contributed by atoms with Gasteiger partial charge in [-0.3, -0.25) is 9.69 Å². The third-order valence-electron chi connectivity index (χ3n) is 3.94. The van der Waals surface area contributed by atoms with Crippen LogP contribution in [0.25, 0.3) is 0 Å². The molecule has 3 nitrogen and oxygen atoms in total. The van der Waals surface area contributed by atoms with E-state index >= 15 is 0 Å². The average Bonchev–Trinajstić information content (AvgIpc) is 2.28. The molecule has 0 aromatic rings. The van der Waals surface area contributed by atoms with Gasteiger partial charge in [0.1, 0.15) is 0 Å². The number of rotatable bonds is 4. The van der Waals surface area contributed by atoms with Crippen LogP contribution in [0.3, 0.4) is 0 Å². The number of carbonyl (C=O) groups is 1. The van der Waals surface area contributed by atoms with Crippen molar-refractivity contribution in [1.82, 2.24) is 10.2 Å². The highest BCUT2D eigenvalue weighted by Crippen LogP contribution is 2.16. The van der Waals surface area contributed by atoms with Crippen LogP contribution < -0.4 is 5.32 Å². The van der Waals surface area contributed by atoms with Gasteiger partial charge in [0, 0.05) is 6.04 Å². The van der Waals surface area contributed by atoms with Crippen molar-refractivity contribution in [2.45, 2.75) is 58.5 Å². The quantitative estimate of drug-likeness (QED) is 0.795. The smallest absolute Gasteiger partial charge is 0.237 e. The number of carbonyl (C=O) groups excluding carboxylic acids is 1. The molecule has 3 heteroatoms. The van der Waals surface area contributed by atoms with Gasteiger partial charge in [-0.1, -0.05) is 26.7 Å². The van der Waals surface area contributed by atoms with Crippen molar-refractivity contribution in [2.75, 3.05) is 13.6 Å². The Kier molecular flexibility index (Phi) is 5.26. The van der Waals surface area contributed by atoms with Crippen LogP contribution in [0.4, 0.5) is 0 Å². The van der Waals surface area contributed by atoms with Crippen LogP contribution in [-0.4, -0.2) is 36.5 Å². The summed E-state index contributed by atoms with van der Waals surface area (Å²) >= 11 is 0. The van der Waals surface area contributed by atoms with Crippen LogP contribution >= 0.6 is 0 Å². The summed E-state index contributed by atoms with van der Waals surface area (Å²) in [7, 11) is 2.05. The molecule has 1 aliphatic rings. The number of hydrogen-bond acceptors (Lipinski definition) is 2. The summed E-state index contributed by atoms with van der Waals surface area (Å²) in [6.07, 6.45) is 4.53. The van der Waals surface area contributed by atoms with Crippen molar-refractivity contribution in [3.8, 4) is 0 Å². The summed E-state index contributed by atoms with van der Waals surface area (Å²) in [5.74, 6) is 0.771. The highest BCUT2D eigenvalue weighted by atomic mass is 16.2. The zero-order valence-electron chi connectivity index (χ0n) is 11.1. The fraction of sp³-hybridized carbons (Fsp3) is 0.923.